The Balaban J connectivity index is 1.84. The molecule has 2 aliphatic rings. The van der Waals surface area contributed by atoms with Gasteiger partial charge in [-0.3, -0.25) is 4.79 Å². The smallest absolute Gasteiger partial charge is 0.225 e. The molecule has 2 aliphatic heterocycles. The number of ether oxygens (including phenoxy) is 1. The zero-order chi connectivity index (χ0) is 12.3. The third-order valence-electron chi connectivity index (χ3n) is 3.68. The third-order valence-corrected chi connectivity index (χ3v) is 3.68. The van der Waals surface area contributed by atoms with Crippen molar-refractivity contribution in [3.8, 4) is 0 Å². The van der Waals surface area contributed by atoms with Crippen LogP contribution in [0.15, 0.2) is 0 Å². The van der Waals surface area contributed by atoms with Crippen LogP contribution in [-0.2, 0) is 9.53 Å². The molecule has 0 radical (unpaired) electrons. The molecule has 0 bridgehead atoms. The second kappa shape index (κ2) is 5.83. The first-order valence-corrected chi connectivity index (χ1v) is 6.80. The highest BCUT2D eigenvalue weighted by atomic mass is 16.5. The van der Waals surface area contributed by atoms with Gasteiger partial charge in [0.25, 0.3) is 0 Å². The van der Waals surface area contributed by atoms with Gasteiger partial charge in [-0.1, -0.05) is 13.8 Å². The molecule has 4 nitrogen and oxygen atoms in total. The highest BCUT2D eigenvalue weighted by Gasteiger charge is 2.29. The number of piperidine rings is 1. The summed E-state index contributed by atoms with van der Waals surface area (Å²) in [5.74, 6) is 0.420. The van der Waals surface area contributed by atoms with E-state index in [0.717, 1.165) is 39.1 Å². The molecule has 1 unspecified atom stereocenters. The monoisotopic (exact) mass is 240 g/mol. The fourth-order valence-corrected chi connectivity index (χ4v) is 2.49. The van der Waals surface area contributed by atoms with E-state index in [-0.39, 0.29) is 5.92 Å². The minimum atomic E-state index is 0.114. The van der Waals surface area contributed by atoms with E-state index in [4.69, 9.17) is 4.74 Å². The molecule has 1 atom stereocenters. The Morgan fingerprint density at radius 1 is 1.41 bits per heavy atom. The van der Waals surface area contributed by atoms with Crippen LogP contribution in [-0.4, -0.2) is 49.2 Å². The molecule has 17 heavy (non-hydrogen) atoms. The van der Waals surface area contributed by atoms with Crippen molar-refractivity contribution in [1.29, 1.82) is 0 Å². The Labute approximate surface area is 104 Å². The standard InChI is InChI=1S/C13H24N2O2/c1-10(2)13(16)15-6-4-3-5-12(15)7-14-11-8-17-9-11/h10-12,14H,3-9H2,1-2H3. The fraction of sp³-hybridized carbons (Fsp3) is 0.923. The van der Waals surface area contributed by atoms with Gasteiger partial charge < -0.3 is 15.0 Å². The summed E-state index contributed by atoms with van der Waals surface area (Å²) in [6.45, 7) is 7.48. The number of rotatable bonds is 4. The van der Waals surface area contributed by atoms with Gasteiger partial charge in [-0.15, -0.1) is 0 Å². The number of carbonyl (C=O) groups is 1. The summed E-state index contributed by atoms with van der Waals surface area (Å²) in [4.78, 5) is 14.2. The van der Waals surface area contributed by atoms with Crippen LogP contribution in [0.3, 0.4) is 0 Å². The highest BCUT2D eigenvalue weighted by molar-refractivity contribution is 5.78. The van der Waals surface area contributed by atoms with Gasteiger partial charge in [0.15, 0.2) is 0 Å². The Morgan fingerprint density at radius 3 is 2.76 bits per heavy atom. The molecule has 0 aromatic heterocycles. The van der Waals surface area contributed by atoms with E-state index in [1.165, 1.54) is 6.42 Å². The normalized spacial score (nSPS) is 26.1. The van der Waals surface area contributed by atoms with Gasteiger partial charge in [-0.05, 0) is 19.3 Å². The van der Waals surface area contributed by atoms with Crippen LogP contribution < -0.4 is 5.32 Å². The Hall–Kier alpha value is -0.610. The lowest BCUT2D eigenvalue weighted by molar-refractivity contribution is -0.138. The molecule has 0 saturated carbocycles. The van der Waals surface area contributed by atoms with E-state index >= 15 is 0 Å². The van der Waals surface area contributed by atoms with Crippen molar-refractivity contribution in [3.05, 3.63) is 0 Å². The molecule has 98 valence electrons. The van der Waals surface area contributed by atoms with Crippen LogP contribution in [0.25, 0.3) is 0 Å². The van der Waals surface area contributed by atoms with Gasteiger partial charge in [0.2, 0.25) is 5.91 Å². The molecule has 2 rings (SSSR count). The van der Waals surface area contributed by atoms with Crippen molar-refractivity contribution in [2.75, 3.05) is 26.3 Å². The van der Waals surface area contributed by atoms with Crippen molar-refractivity contribution in [3.63, 3.8) is 0 Å². The number of carbonyl (C=O) groups excluding carboxylic acids is 1. The molecule has 2 fully saturated rings. The molecule has 0 aliphatic carbocycles. The summed E-state index contributed by atoms with van der Waals surface area (Å²) in [5.41, 5.74) is 0. The van der Waals surface area contributed by atoms with Crippen LogP contribution >= 0.6 is 0 Å². The topological polar surface area (TPSA) is 41.6 Å². The Morgan fingerprint density at radius 2 is 2.18 bits per heavy atom. The minimum Gasteiger partial charge on any atom is -0.378 e. The minimum absolute atomic E-state index is 0.114. The van der Waals surface area contributed by atoms with Gasteiger partial charge in [0, 0.05) is 25.0 Å². The van der Waals surface area contributed by atoms with E-state index in [2.05, 4.69) is 10.2 Å². The van der Waals surface area contributed by atoms with E-state index in [0.29, 0.717) is 18.0 Å². The predicted octanol–water partition coefficient (Wildman–Crippen LogP) is 1.01. The van der Waals surface area contributed by atoms with Crippen molar-refractivity contribution < 1.29 is 9.53 Å². The van der Waals surface area contributed by atoms with Gasteiger partial charge in [-0.2, -0.15) is 0 Å². The molecule has 4 heteroatoms. The second-order valence-corrected chi connectivity index (χ2v) is 5.48. The van der Waals surface area contributed by atoms with Crippen LogP contribution in [0.4, 0.5) is 0 Å². The Kier molecular flexibility index (Phi) is 4.40. The van der Waals surface area contributed by atoms with Gasteiger partial charge in [0.05, 0.1) is 19.3 Å². The van der Waals surface area contributed by atoms with Crippen LogP contribution in [0.1, 0.15) is 33.1 Å². The van der Waals surface area contributed by atoms with E-state index in [9.17, 15) is 4.79 Å². The summed E-state index contributed by atoms with van der Waals surface area (Å²) in [6, 6.07) is 0.896. The van der Waals surface area contributed by atoms with Gasteiger partial charge in [0.1, 0.15) is 0 Å². The molecule has 0 aromatic carbocycles. The molecule has 1 N–H and O–H groups in total. The second-order valence-electron chi connectivity index (χ2n) is 5.48. The average Bonchev–Trinajstić information content (AvgIpc) is 2.26. The van der Waals surface area contributed by atoms with Crippen molar-refractivity contribution in [2.24, 2.45) is 5.92 Å². The van der Waals surface area contributed by atoms with E-state index in [1.54, 1.807) is 0 Å². The first-order chi connectivity index (χ1) is 8.18. The summed E-state index contributed by atoms with van der Waals surface area (Å²) in [5, 5.41) is 3.49. The number of amides is 1. The summed E-state index contributed by atoms with van der Waals surface area (Å²) in [6.07, 6.45) is 3.54. The van der Waals surface area contributed by atoms with Gasteiger partial charge in [-0.25, -0.2) is 0 Å². The maximum Gasteiger partial charge on any atom is 0.225 e. The predicted molar refractivity (Wildman–Crippen MR) is 66.8 cm³/mol. The molecule has 0 aromatic rings. The number of nitrogens with one attached hydrogen (secondary N) is 1. The highest BCUT2D eigenvalue weighted by Crippen LogP contribution is 2.19. The maximum atomic E-state index is 12.1. The summed E-state index contributed by atoms with van der Waals surface area (Å²) < 4.78 is 5.14. The van der Waals surface area contributed by atoms with Crippen molar-refractivity contribution in [2.45, 2.75) is 45.2 Å². The Bertz CT molecular complexity index is 264. The first-order valence-electron chi connectivity index (χ1n) is 6.80. The first kappa shape index (κ1) is 12.8. The molecular weight excluding hydrogens is 216 g/mol. The lowest BCUT2D eigenvalue weighted by atomic mass is 9.99. The van der Waals surface area contributed by atoms with Crippen LogP contribution in [0.5, 0.6) is 0 Å². The van der Waals surface area contributed by atoms with Crippen molar-refractivity contribution in [1.82, 2.24) is 10.2 Å². The number of hydrogen-bond donors (Lipinski definition) is 1. The third kappa shape index (κ3) is 3.19. The van der Waals surface area contributed by atoms with Crippen molar-refractivity contribution >= 4 is 5.91 Å². The lowest BCUT2D eigenvalue weighted by Gasteiger charge is -2.38. The molecular formula is C13H24N2O2. The zero-order valence-electron chi connectivity index (χ0n) is 10.9. The fourth-order valence-electron chi connectivity index (χ4n) is 2.49. The zero-order valence-corrected chi connectivity index (χ0v) is 10.9. The van der Waals surface area contributed by atoms with E-state index < -0.39 is 0 Å². The summed E-state index contributed by atoms with van der Waals surface area (Å²) in [7, 11) is 0. The quantitative estimate of drug-likeness (QED) is 0.797. The largest absolute Gasteiger partial charge is 0.378 e. The lowest BCUT2D eigenvalue weighted by Crippen LogP contribution is -2.54. The van der Waals surface area contributed by atoms with Gasteiger partial charge >= 0.3 is 0 Å². The molecule has 2 saturated heterocycles. The number of hydrogen-bond acceptors (Lipinski definition) is 3. The average molecular weight is 240 g/mol. The van der Waals surface area contributed by atoms with E-state index in [1.807, 2.05) is 13.8 Å². The molecule has 0 spiro atoms. The molecule has 2 heterocycles. The van der Waals surface area contributed by atoms with Crippen LogP contribution in [0.2, 0.25) is 0 Å². The van der Waals surface area contributed by atoms with Crippen LogP contribution in [0, 0.1) is 5.92 Å². The summed E-state index contributed by atoms with van der Waals surface area (Å²) >= 11 is 0. The maximum absolute atomic E-state index is 12.1. The molecule has 1 amide bonds. The SMILES string of the molecule is CC(C)C(=O)N1CCCCC1CNC1COC1. The number of nitrogens with zero attached hydrogens (tertiary/aromatic N) is 1. The number of likely N-dealkylation sites (tertiary alicyclic amines) is 1.